The Kier molecular flexibility index (Phi) is 7.66. The molecule has 0 N–H and O–H groups in total. The van der Waals surface area contributed by atoms with Crippen molar-refractivity contribution in [3.8, 4) is 0 Å². The third kappa shape index (κ3) is 6.82. The van der Waals surface area contributed by atoms with Crippen molar-refractivity contribution in [3.63, 3.8) is 0 Å². The van der Waals surface area contributed by atoms with Crippen LogP contribution in [0.5, 0.6) is 0 Å². The number of rotatable bonds is 8. The lowest BCUT2D eigenvalue weighted by Crippen LogP contribution is -2.08. The summed E-state index contributed by atoms with van der Waals surface area (Å²) in [5, 5.41) is 4.36. The van der Waals surface area contributed by atoms with Crippen LogP contribution in [0.4, 0.5) is 0 Å². The number of hydrogen-bond acceptors (Lipinski definition) is 4. The van der Waals surface area contributed by atoms with E-state index >= 15 is 0 Å². The molecule has 0 unspecified atom stereocenters. The maximum absolute atomic E-state index is 11.2. The van der Waals surface area contributed by atoms with Gasteiger partial charge in [0.1, 0.15) is 6.61 Å². The van der Waals surface area contributed by atoms with Gasteiger partial charge >= 0.3 is 5.97 Å². The van der Waals surface area contributed by atoms with Gasteiger partial charge in [0, 0.05) is 10.6 Å². The Morgan fingerprint density at radius 3 is 2.89 bits per heavy atom. The van der Waals surface area contributed by atoms with Gasteiger partial charge in [0.05, 0.1) is 19.2 Å². The SMILES string of the molecule is CCCCOC(=O)CCO/N=C/c1ccccc1Cl. The standard InChI is InChI=1S/C14H18ClNO3/c1-2-3-9-18-14(17)8-10-19-16-11-12-6-4-5-7-13(12)15/h4-7,11H,2-3,8-10H2,1H3/b16-11+. The number of benzene rings is 1. The minimum atomic E-state index is -0.263. The number of ether oxygens (including phenoxy) is 1. The van der Waals surface area contributed by atoms with Crippen LogP contribution in [0.15, 0.2) is 29.4 Å². The molecule has 1 aromatic carbocycles. The van der Waals surface area contributed by atoms with Crippen LogP contribution in [-0.4, -0.2) is 25.4 Å². The van der Waals surface area contributed by atoms with Crippen molar-refractivity contribution in [3.05, 3.63) is 34.9 Å². The van der Waals surface area contributed by atoms with Gasteiger partial charge in [0.2, 0.25) is 0 Å². The largest absolute Gasteiger partial charge is 0.466 e. The summed E-state index contributed by atoms with van der Waals surface area (Å²) < 4.78 is 4.97. The van der Waals surface area contributed by atoms with E-state index in [2.05, 4.69) is 5.16 Å². The second-order valence-electron chi connectivity index (χ2n) is 3.91. The quantitative estimate of drug-likeness (QED) is 0.318. The van der Waals surface area contributed by atoms with Gasteiger partial charge in [-0.05, 0) is 12.5 Å². The fourth-order valence-corrected chi connectivity index (χ4v) is 1.44. The maximum Gasteiger partial charge on any atom is 0.309 e. The maximum atomic E-state index is 11.2. The molecule has 0 atom stereocenters. The summed E-state index contributed by atoms with van der Waals surface area (Å²) in [6.45, 7) is 2.71. The Balaban J connectivity index is 2.17. The molecule has 0 saturated carbocycles. The average Bonchev–Trinajstić information content (AvgIpc) is 2.41. The minimum absolute atomic E-state index is 0.198. The molecule has 4 nitrogen and oxygen atoms in total. The Labute approximate surface area is 118 Å². The van der Waals surface area contributed by atoms with E-state index < -0.39 is 0 Å². The molecule has 5 heteroatoms. The molecule has 0 spiro atoms. The van der Waals surface area contributed by atoms with E-state index in [-0.39, 0.29) is 19.0 Å². The predicted octanol–water partition coefficient (Wildman–Crippen LogP) is 3.42. The highest BCUT2D eigenvalue weighted by Gasteiger charge is 2.02. The monoisotopic (exact) mass is 283 g/mol. The molecule has 0 amide bonds. The molecule has 0 fully saturated rings. The number of hydrogen-bond donors (Lipinski definition) is 0. The number of nitrogens with zero attached hydrogens (tertiary/aromatic N) is 1. The Morgan fingerprint density at radius 2 is 2.16 bits per heavy atom. The van der Waals surface area contributed by atoms with Crippen LogP contribution in [0.1, 0.15) is 31.7 Å². The van der Waals surface area contributed by atoms with Gasteiger partial charge in [0.15, 0.2) is 0 Å². The molecule has 0 heterocycles. The first-order valence-corrected chi connectivity index (χ1v) is 6.67. The number of carbonyl (C=O) groups excluding carboxylic acids is 1. The van der Waals surface area contributed by atoms with Crippen molar-refractivity contribution in [2.45, 2.75) is 26.2 Å². The molecule has 1 rings (SSSR count). The van der Waals surface area contributed by atoms with E-state index in [1.165, 1.54) is 6.21 Å². The number of oxime groups is 1. The zero-order valence-corrected chi connectivity index (χ0v) is 11.7. The van der Waals surface area contributed by atoms with Gasteiger partial charge in [-0.3, -0.25) is 4.79 Å². The summed E-state index contributed by atoms with van der Waals surface area (Å²) >= 11 is 5.94. The van der Waals surface area contributed by atoms with Crippen molar-refractivity contribution in [2.24, 2.45) is 5.16 Å². The first kappa shape index (κ1) is 15.5. The normalized spacial score (nSPS) is 10.6. The molecule has 0 aliphatic carbocycles. The Morgan fingerprint density at radius 1 is 1.37 bits per heavy atom. The minimum Gasteiger partial charge on any atom is -0.466 e. The summed E-state index contributed by atoms with van der Waals surface area (Å²) in [7, 11) is 0. The van der Waals surface area contributed by atoms with E-state index in [1.807, 2.05) is 25.1 Å². The highest BCUT2D eigenvalue weighted by atomic mass is 35.5. The molecule has 1 aromatic rings. The van der Waals surface area contributed by atoms with Crippen LogP contribution < -0.4 is 0 Å². The summed E-state index contributed by atoms with van der Waals surface area (Å²) in [4.78, 5) is 16.2. The third-order valence-electron chi connectivity index (χ3n) is 2.33. The molecule has 0 radical (unpaired) electrons. The van der Waals surface area contributed by atoms with Gasteiger partial charge < -0.3 is 9.57 Å². The van der Waals surface area contributed by atoms with E-state index in [4.69, 9.17) is 21.2 Å². The second kappa shape index (κ2) is 9.39. The lowest BCUT2D eigenvalue weighted by atomic mass is 10.2. The first-order chi connectivity index (χ1) is 9.24. The lowest BCUT2D eigenvalue weighted by molar-refractivity contribution is -0.144. The fraction of sp³-hybridized carbons (Fsp3) is 0.429. The van der Waals surface area contributed by atoms with Crippen LogP contribution in [0.3, 0.4) is 0 Å². The molecule has 0 aliphatic heterocycles. The molecular formula is C14H18ClNO3. The Bertz CT molecular complexity index is 421. The predicted molar refractivity (Wildman–Crippen MR) is 75.5 cm³/mol. The van der Waals surface area contributed by atoms with Gasteiger partial charge in [-0.2, -0.15) is 0 Å². The molecule has 19 heavy (non-hydrogen) atoms. The van der Waals surface area contributed by atoms with Crippen LogP contribution in [0.25, 0.3) is 0 Å². The van der Waals surface area contributed by atoms with Gasteiger partial charge in [-0.25, -0.2) is 0 Å². The summed E-state index contributed by atoms with van der Waals surface area (Å²) in [6.07, 6.45) is 3.61. The highest BCUT2D eigenvalue weighted by molar-refractivity contribution is 6.33. The van der Waals surface area contributed by atoms with E-state index in [1.54, 1.807) is 6.07 Å². The smallest absolute Gasteiger partial charge is 0.309 e. The lowest BCUT2D eigenvalue weighted by Gasteiger charge is -2.02. The van der Waals surface area contributed by atoms with E-state index in [9.17, 15) is 4.79 Å². The summed E-state index contributed by atoms with van der Waals surface area (Å²) in [5.41, 5.74) is 0.773. The zero-order valence-electron chi connectivity index (χ0n) is 11.0. The fourth-order valence-electron chi connectivity index (χ4n) is 1.26. The molecule has 0 aliphatic rings. The van der Waals surface area contributed by atoms with Gasteiger partial charge in [0.25, 0.3) is 0 Å². The van der Waals surface area contributed by atoms with Crippen molar-refractivity contribution < 1.29 is 14.4 Å². The first-order valence-electron chi connectivity index (χ1n) is 6.29. The van der Waals surface area contributed by atoms with E-state index in [0.717, 1.165) is 18.4 Å². The third-order valence-corrected chi connectivity index (χ3v) is 2.67. The number of unbranched alkanes of at least 4 members (excludes halogenated alkanes) is 1. The number of esters is 1. The zero-order chi connectivity index (χ0) is 13.9. The molecule has 0 bridgehead atoms. The molecule has 0 aromatic heterocycles. The van der Waals surface area contributed by atoms with Gasteiger partial charge in [-0.15, -0.1) is 0 Å². The molecule has 0 saturated heterocycles. The number of carbonyl (C=O) groups is 1. The topological polar surface area (TPSA) is 47.9 Å². The van der Waals surface area contributed by atoms with Crippen molar-refractivity contribution in [1.29, 1.82) is 0 Å². The van der Waals surface area contributed by atoms with Crippen molar-refractivity contribution in [1.82, 2.24) is 0 Å². The van der Waals surface area contributed by atoms with E-state index in [0.29, 0.717) is 11.6 Å². The Hall–Kier alpha value is -1.55. The van der Waals surface area contributed by atoms with Crippen LogP contribution in [0.2, 0.25) is 5.02 Å². The molecular weight excluding hydrogens is 266 g/mol. The molecule has 104 valence electrons. The summed E-state index contributed by atoms with van der Waals surface area (Å²) in [6, 6.07) is 7.30. The summed E-state index contributed by atoms with van der Waals surface area (Å²) in [5.74, 6) is -0.263. The highest BCUT2D eigenvalue weighted by Crippen LogP contribution is 2.12. The number of halogens is 1. The van der Waals surface area contributed by atoms with Crippen LogP contribution in [0, 0.1) is 0 Å². The van der Waals surface area contributed by atoms with Crippen molar-refractivity contribution >= 4 is 23.8 Å². The van der Waals surface area contributed by atoms with Gasteiger partial charge in [-0.1, -0.05) is 48.3 Å². The van der Waals surface area contributed by atoms with Crippen LogP contribution in [-0.2, 0) is 14.4 Å². The second-order valence-corrected chi connectivity index (χ2v) is 4.32. The van der Waals surface area contributed by atoms with Crippen molar-refractivity contribution in [2.75, 3.05) is 13.2 Å². The van der Waals surface area contributed by atoms with Crippen LogP contribution >= 0.6 is 11.6 Å². The average molecular weight is 284 g/mol.